The van der Waals surface area contributed by atoms with Gasteiger partial charge in [0.1, 0.15) is 0 Å². The molecule has 0 atom stereocenters. The van der Waals surface area contributed by atoms with E-state index < -0.39 is 17.5 Å². The number of carbonyl (C=O) groups is 1. The molecule has 0 aliphatic carbocycles. The Morgan fingerprint density at radius 3 is 2.63 bits per heavy atom. The van der Waals surface area contributed by atoms with Gasteiger partial charge in [-0.3, -0.25) is 4.79 Å². The zero-order valence-electron chi connectivity index (χ0n) is 9.99. The van der Waals surface area contributed by atoms with E-state index in [0.29, 0.717) is 11.3 Å². The Morgan fingerprint density at radius 1 is 1.16 bits per heavy atom. The first-order chi connectivity index (χ1) is 9.08. The monoisotopic (exact) mass is 262 g/mol. The number of primary amides is 1. The minimum absolute atomic E-state index is 0.117. The molecule has 0 bridgehead atoms. The molecule has 0 heterocycles. The number of nitrogens with one attached hydrogen (secondary N) is 1. The van der Waals surface area contributed by atoms with Crippen molar-refractivity contribution >= 4 is 11.6 Å². The van der Waals surface area contributed by atoms with Crippen molar-refractivity contribution in [3.05, 3.63) is 65.2 Å². The number of rotatable bonds is 4. The fourth-order valence-corrected chi connectivity index (χ4v) is 1.66. The molecular formula is C14H12F2N2O. The van der Waals surface area contributed by atoms with Crippen molar-refractivity contribution in [2.45, 2.75) is 6.54 Å². The van der Waals surface area contributed by atoms with Gasteiger partial charge < -0.3 is 11.1 Å². The molecule has 0 saturated heterocycles. The van der Waals surface area contributed by atoms with Gasteiger partial charge in [0.25, 0.3) is 0 Å². The van der Waals surface area contributed by atoms with Gasteiger partial charge in [0.2, 0.25) is 5.91 Å². The molecule has 0 unspecified atom stereocenters. The highest BCUT2D eigenvalue weighted by atomic mass is 19.2. The van der Waals surface area contributed by atoms with Gasteiger partial charge in [0, 0.05) is 23.4 Å². The standard InChI is InChI=1S/C14H12F2N2O/c15-12-6-2-4-10(13(12)16)8-18-11-5-1-3-9(7-11)14(17)19/h1-7,18H,8H2,(H2,17,19). The fourth-order valence-electron chi connectivity index (χ4n) is 1.66. The lowest BCUT2D eigenvalue weighted by atomic mass is 10.1. The van der Waals surface area contributed by atoms with E-state index in [4.69, 9.17) is 5.73 Å². The SMILES string of the molecule is NC(=O)c1cccc(NCc2cccc(F)c2F)c1. The minimum atomic E-state index is -0.884. The summed E-state index contributed by atoms with van der Waals surface area (Å²) in [5.74, 6) is -2.30. The Morgan fingerprint density at radius 2 is 1.89 bits per heavy atom. The zero-order chi connectivity index (χ0) is 13.8. The first kappa shape index (κ1) is 13.0. The summed E-state index contributed by atoms with van der Waals surface area (Å²) >= 11 is 0. The summed E-state index contributed by atoms with van der Waals surface area (Å²) in [5, 5.41) is 2.91. The molecule has 0 aliphatic rings. The van der Waals surface area contributed by atoms with Crippen molar-refractivity contribution in [3.8, 4) is 0 Å². The normalized spacial score (nSPS) is 10.2. The van der Waals surface area contributed by atoms with Crippen molar-refractivity contribution < 1.29 is 13.6 Å². The van der Waals surface area contributed by atoms with Gasteiger partial charge in [0.05, 0.1) is 0 Å². The quantitative estimate of drug-likeness (QED) is 0.890. The number of hydrogen-bond donors (Lipinski definition) is 2. The first-order valence-electron chi connectivity index (χ1n) is 5.64. The van der Waals surface area contributed by atoms with Crippen LogP contribution < -0.4 is 11.1 Å². The number of anilines is 1. The second kappa shape index (κ2) is 5.48. The minimum Gasteiger partial charge on any atom is -0.381 e. The predicted octanol–water partition coefficient (Wildman–Crippen LogP) is 2.68. The Labute approximate surface area is 109 Å². The van der Waals surface area contributed by atoms with Crippen LogP contribution in [-0.4, -0.2) is 5.91 Å². The van der Waals surface area contributed by atoms with Crippen LogP contribution in [0.1, 0.15) is 15.9 Å². The molecule has 0 radical (unpaired) electrons. The summed E-state index contributed by atoms with van der Waals surface area (Å²) in [5.41, 5.74) is 6.33. The topological polar surface area (TPSA) is 55.1 Å². The van der Waals surface area contributed by atoms with E-state index >= 15 is 0 Å². The largest absolute Gasteiger partial charge is 0.381 e. The lowest BCUT2D eigenvalue weighted by molar-refractivity contribution is 0.100. The molecule has 2 aromatic carbocycles. The van der Waals surface area contributed by atoms with Crippen LogP contribution in [0.2, 0.25) is 0 Å². The second-order valence-electron chi connectivity index (χ2n) is 4.01. The molecule has 3 N–H and O–H groups in total. The molecule has 3 nitrogen and oxygen atoms in total. The summed E-state index contributed by atoms with van der Waals surface area (Å²) in [6.45, 7) is 0.117. The summed E-state index contributed by atoms with van der Waals surface area (Å²) in [7, 11) is 0. The van der Waals surface area contributed by atoms with Crippen LogP contribution in [0.4, 0.5) is 14.5 Å². The zero-order valence-corrected chi connectivity index (χ0v) is 9.99. The van der Waals surface area contributed by atoms with E-state index in [-0.39, 0.29) is 12.1 Å². The Bertz CT molecular complexity index is 614. The molecule has 0 saturated carbocycles. The molecule has 0 spiro atoms. The van der Waals surface area contributed by atoms with Crippen LogP contribution >= 0.6 is 0 Å². The maximum Gasteiger partial charge on any atom is 0.248 e. The Balaban J connectivity index is 2.12. The third kappa shape index (κ3) is 3.07. The number of hydrogen-bond acceptors (Lipinski definition) is 2. The van der Waals surface area contributed by atoms with Gasteiger partial charge in [-0.15, -0.1) is 0 Å². The van der Waals surface area contributed by atoms with Gasteiger partial charge in [0.15, 0.2) is 11.6 Å². The molecule has 1 amide bonds. The highest BCUT2D eigenvalue weighted by Crippen LogP contribution is 2.15. The van der Waals surface area contributed by atoms with E-state index in [0.717, 1.165) is 6.07 Å². The fraction of sp³-hybridized carbons (Fsp3) is 0.0714. The van der Waals surface area contributed by atoms with Crippen molar-refractivity contribution in [2.24, 2.45) is 5.73 Å². The van der Waals surface area contributed by atoms with E-state index in [2.05, 4.69) is 5.32 Å². The molecule has 0 fully saturated rings. The number of halogens is 2. The molecule has 0 aliphatic heterocycles. The van der Waals surface area contributed by atoms with Gasteiger partial charge in [-0.2, -0.15) is 0 Å². The summed E-state index contributed by atoms with van der Waals surface area (Å²) in [6.07, 6.45) is 0. The third-order valence-corrected chi connectivity index (χ3v) is 2.66. The van der Waals surface area contributed by atoms with Crippen molar-refractivity contribution in [3.63, 3.8) is 0 Å². The molecular weight excluding hydrogens is 250 g/mol. The molecule has 0 aromatic heterocycles. The molecule has 5 heteroatoms. The van der Waals surface area contributed by atoms with Crippen molar-refractivity contribution in [1.82, 2.24) is 0 Å². The van der Waals surface area contributed by atoms with Gasteiger partial charge in [-0.25, -0.2) is 8.78 Å². The van der Waals surface area contributed by atoms with E-state index in [1.54, 1.807) is 24.3 Å². The van der Waals surface area contributed by atoms with Crippen molar-refractivity contribution in [1.29, 1.82) is 0 Å². The second-order valence-corrected chi connectivity index (χ2v) is 4.01. The number of benzene rings is 2. The van der Waals surface area contributed by atoms with Crippen LogP contribution in [0.3, 0.4) is 0 Å². The number of amides is 1. The average molecular weight is 262 g/mol. The maximum atomic E-state index is 13.4. The molecule has 2 rings (SSSR count). The van der Waals surface area contributed by atoms with E-state index in [9.17, 15) is 13.6 Å². The summed E-state index contributed by atoms with van der Waals surface area (Å²) in [4.78, 5) is 11.0. The maximum absolute atomic E-state index is 13.4. The van der Waals surface area contributed by atoms with Gasteiger partial charge in [-0.1, -0.05) is 18.2 Å². The Kier molecular flexibility index (Phi) is 3.75. The molecule has 2 aromatic rings. The van der Waals surface area contributed by atoms with Crippen LogP contribution in [0.25, 0.3) is 0 Å². The smallest absolute Gasteiger partial charge is 0.248 e. The summed E-state index contributed by atoms with van der Waals surface area (Å²) in [6, 6.07) is 10.5. The predicted molar refractivity (Wildman–Crippen MR) is 68.6 cm³/mol. The van der Waals surface area contributed by atoms with Crippen molar-refractivity contribution in [2.75, 3.05) is 5.32 Å². The highest BCUT2D eigenvalue weighted by Gasteiger charge is 2.07. The third-order valence-electron chi connectivity index (χ3n) is 2.66. The van der Waals surface area contributed by atoms with Crippen LogP contribution in [0, 0.1) is 11.6 Å². The summed E-state index contributed by atoms with van der Waals surface area (Å²) < 4.78 is 26.4. The van der Waals surface area contributed by atoms with E-state index in [1.807, 2.05) is 0 Å². The van der Waals surface area contributed by atoms with Gasteiger partial charge >= 0.3 is 0 Å². The van der Waals surface area contributed by atoms with E-state index in [1.165, 1.54) is 12.1 Å². The Hall–Kier alpha value is -2.43. The highest BCUT2D eigenvalue weighted by molar-refractivity contribution is 5.93. The lowest BCUT2D eigenvalue weighted by Crippen LogP contribution is -2.11. The molecule has 98 valence electrons. The van der Waals surface area contributed by atoms with Crippen LogP contribution in [0.15, 0.2) is 42.5 Å². The number of nitrogens with two attached hydrogens (primary N) is 1. The van der Waals surface area contributed by atoms with Crippen LogP contribution in [0.5, 0.6) is 0 Å². The lowest BCUT2D eigenvalue weighted by Gasteiger charge is -2.08. The van der Waals surface area contributed by atoms with Crippen LogP contribution in [-0.2, 0) is 6.54 Å². The average Bonchev–Trinajstić information content (AvgIpc) is 2.41. The first-order valence-corrected chi connectivity index (χ1v) is 5.64. The number of carbonyl (C=O) groups excluding carboxylic acids is 1. The van der Waals surface area contributed by atoms with Gasteiger partial charge in [-0.05, 0) is 24.3 Å². The molecule has 19 heavy (non-hydrogen) atoms.